The van der Waals surface area contributed by atoms with Crippen LogP contribution in [0.2, 0.25) is 0 Å². The largest absolute Gasteiger partial charge is 0.478 e. The highest BCUT2D eigenvalue weighted by Crippen LogP contribution is 2.07. The molecule has 0 bridgehead atoms. The van der Waals surface area contributed by atoms with Crippen LogP contribution in [0.5, 0.6) is 0 Å². The lowest BCUT2D eigenvalue weighted by atomic mass is 10.2. The number of carbonyl (C=O) groups excluding carboxylic acids is 4. The smallest absolute Gasteiger partial charge is 0.335 e. The molecule has 1 aromatic rings. The maximum atomic E-state index is 10.2. The lowest BCUT2D eigenvalue weighted by molar-refractivity contribution is -0.171. The predicted molar refractivity (Wildman–Crippen MR) is 78.6 cm³/mol. The Labute approximate surface area is 136 Å². The standard InChI is InChI=1S/C7H6O2.C4H5NO3.C4H3NO2/c8-7(9)6-4-2-1-3-5-6;6-3-1-2-4(7)5(3)8;6-3-1-2-4(7)5-3/h1-5H,(H,8,9);8H,1-2H2;1-2H,(H,5,6,7). The van der Waals surface area contributed by atoms with Crippen molar-refractivity contribution >= 4 is 29.6 Å². The Morgan fingerprint density at radius 2 is 1.38 bits per heavy atom. The Hall–Kier alpha value is -3.33. The van der Waals surface area contributed by atoms with Crippen molar-refractivity contribution in [1.29, 1.82) is 0 Å². The summed E-state index contributed by atoms with van der Waals surface area (Å²) in [4.78, 5) is 50.7. The number of imide groups is 2. The second-order valence-electron chi connectivity index (χ2n) is 4.46. The van der Waals surface area contributed by atoms with Crippen LogP contribution in [-0.4, -0.2) is 45.0 Å². The van der Waals surface area contributed by atoms with E-state index in [0.29, 0.717) is 5.56 Å². The van der Waals surface area contributed by atoms with Crippen LogP contribution in [0.3, 0.4) is 0 Å². The van der Waals surface area contributed by atoms with Gasteiger partial charge in [-0.3, -0.25) is 29.7 Å². The summed E-state index contributed by atoms with van der Waals surface area (Å²) < 4.78 is 0. The van der Waals surface area contributed by atoms with Crippen LogP contribution < -0.4 is 5.32 Å². The van der Waals surface area contributed by atoms with Gasteiger partial charge in [0.15, 0.2) is 0 Å². The van der Waals surface area contributed by atoms with E-state index in [-0.39, 0.29) is 29.7 Å². The summed E-state index contributed by atoms with van der Waals surface area (Å²) in [6, 6.07) is 8.30. The van der Waals surface area contributed by atoms with Crippen molar-refractivity contribution in [2.75, 3.05) is 0 Å². The number of hydrogen-bond donors (Lipinski definition) is 3. The molecule has 0 saturated carbocycles. The van der Waals surface area contributed by atoms with E-state index in [1.165, 1.54) is 12.2 Å². The molecule has 4 amide bonds. The number of rotatable bonds is 1. The highest BCUT2D eigenvalue weighted by atomic mass is 16.5. The molecule has 24 heavy (non-hydrogen) atoms. The molecule has 0 aromatic heterocycles. The molecule has 126 valence electrons. The van der Waals surface area contributed by atoms with Crippen molar-refractivity contribution < 1.29 is 34.3 Å². The Morgan fingerprint density at radius 3 is 1.58 bits per heavy atom. The lowest BCUT2D eigenvalue weighted by Crippen LogP contribution is -2.24. The lowest BCUT2D eigenvalue weighted by Gasteiger charge is -1.98. The molecule has 9 nitrogen and oxygen atoms in total. The Balaban J connectivity index is 0.000000181. The molecule has 0 radical (unpaired) electrons. The second kappa shape index (κ2) is 8.96. The van der Waals surface area contributed by atoms with Gasteiger partial charge in [-0.15, -0.1) is 0 Å². The number of carbonyl (C=O) groups is 5. The molecule has 3 rings (SSSR count). The second-order valence-corrected chi connectivity index (χ2v) is 4.46. The van der Waals surface area contributed by atoms with Crippen molar-refractivity contribution in [2.24, 2.45) is 0 Å². The van der Waals surface area contributed by atoms with Crippen molar-refractivity contribution in [2.45, 2.75) is 12.8 Å². The molecule has 1 aromatic carbocycles. The first-order valence-electron chi connectivity index (χ1n) is 6.67. The van der Waals surface area contributed by atoms with Gasteiger partial charge in [0.2, 0.25) is 0 Å². The highest BCUT2D eigenvalue weighted by molar-refractivity contribution is 6.12. The topological polar surface area (TPSA) is 141 Å². The normalized spacial score (nSPS) is 15.3. The fourth-order valence-corrected chi connectivity index (χ4v) is 1.50. The first-order valence-corrected chi connectivity index (χ1v) is 6.67. The monoisotopic (exact) mass is 334 g/mol. The van der Waals surface area contributed by atoms with Gasteiger partial charge in [0.1, 0.15) is 0 Å². The summed E-state index contributed by atoms with van der Waals surface area (Å²) in [7, 11) is 0. The summed E-state index contributed by atoms with van der Waals surface area (Å²) in [6.07, 6.45) is 2.69. The Bertz CT molecular complexity index is 650. The highest BCUT2D eigenvalue weighted by Gasteiger charge is 2.26. The van der Waals surface area contributed by atoms with E-state index in [1.807, 2.05) is 5.32 Å². The van der Waals surface area contributed by atoms with Gasteiger partial charge in [-0.2, -0.15) is 5.06 Å². The van der Waals surface area contributed by atoms with Gasteiger partial charge >= 0.3 is 5.97 Å². The van der Waals surface area contributed by atoms with Crippen LogP contribution in [0.25, 0.3) is 0 Å². The van der Waals surface area contributed by atoms with Gasteiger partial charge in [0.05, 0.1) is 5.56 Å². The van der Waals surface area contributed by atoms with E-state index in [9.17, 15) is 24.0 Å². The number of carboxylic acid groups (broad SMARTS) is 1. The molecule has 0 atom stereocenters. The average Bonchev–Trinajstić information content (AvgIpc) is 3.08. The molecule has 0 unspecified atom stereocenters. The molecule has 2 aliphatic rings. The van der Waals surface area contributed by atoms with E-state index in [4.69, 9.17) is 10.3 Å². The van der Waals surface area contributed by atoms with Crippen molar-refractivity contribution in [3.8, 4) is 0 Å². The van der Waals surface area contributed by atoms with Gasteiger partial charge in [-0.25, -0.2) is 4.79 Å². The third kappa shape index (κ3) is 6.20. The molecule has 1 fully saturated rings. The fraction of sp³-hybridized carbons (Fsp3) is 0.133. The SMILES string of the molecule is O=C(O)c1ccccc1.O=C1C=CC(=O)N1.O=C1CCC(=O)N1O. The van der Waals surface area contributed by atoms with Gasteiger partial charge in [0.25, 0.3) is 23.6 Å². The number of carboxylic acids is 1. The molecule has 3 N–H and O–H groups in total. The zero-order chi connectivity index (χ0) is 18.1. The summed E-state index contributed by atoms with van der Waals surface area (Å²) in [5.74, 6) is -2.55. The van der Waals surface area contributed by atoms with Crippen LogP contribution in [0.1, 0.15) is 23.2 Å². The number of aromatic carboxylic acids is 1. The van der Waals surface area contributed by atoms with Gasteiger partial charge in [-0.1, -0.05) is 18.2 Å². The van der Waals surface area contributed by atoms with Crippen LogP contribution >= 0.6 is 0 Å². The summed E-state index contributed by atoms with van der Waals surface area (Å²) >= 11 is 0. The Morgan fingerprint density at radius 1 is 0.917 bits per heavy atom. The van der Waals surface area contributed by atoms with Crippen molar-refractivity contribution in [1.82, 2.24) is 10.4 Å². The molecule has 2 heterocycles. The average molecular weight is 334 g/mol. The number of nitrogens with zero attached hydrogens (tertiary/aromatic N) is 1. The molecule has 0 aliphatic carbocycles. The molecular weight excluding hydrogens is 320 g/mol. The number of amides is 4. The minimum absolute atomic E-state index is 0.148. The third-order valence-corrected chi connectivity index (χ3v) is 2.68. The maximum absolute atomic E-state index is 10.2. The van der Waals surface area contributed by atoms with Crippen LogP contribution in [-0.2, 0) is 19.2 Å². The van der Waals surface area contributed by atoms with E-state index in [0.717, 1.165) is 0 Å². The van der Waals surface area contributed by atoms with Crippen LogP contribution in [0.4, 0.5) is 0 Å². The van der Waals surface area contributed by atoms with E-state index < -0.39 is 17.8 Å². The van der Waals surface area contributed by atoms with Gasteiger partial charge in [0, 0.05) is 25.0 Å². The Kier molecular flexibility index (Phi) is 6.98. The molecule has 9 heteroatoms. The quantitative estimate of drug-likeness (QED) is 0.489. The minimum atomic E-state index is -0.879. The first-order chi connectivity index (χ1) is 11.3. The predicted octanol–water partition coefficient (Wildman–Crippen LogP) is 0.108. The third-order valence-electron chi connectivity index (χ3n) is 2.68. The van der Waals surface area contributed by atoms with Gasteiger partial charge in [-0.05, 0) is 12.1 Å². The maximum Gasteiger partial charge on any atom is 0.335 e. The van der Waals surface area contributed by atoms with Crippen molar-refractivity contribution in [3.05, 3.63) is 48.0 Å². The van der Waals surface area contributed by atoms with Gasteiger partial charge < -0.3 is 5.11 Å². The number of hydroxylamine groups is 2. The number of benzene rings is 1. The van der Waals surface area contributed by atoms with E-state index in [1.54, 1.807) is 30.3 Å². The number of nitrogens with one attached hydrogen (secondary N) is 1. The molecule has 1 saturated heterocycles. The number of hydrogen-bond acceptors (Lipinski definition) is 6. The summed E-state index contributed by atoms with van der Waals surface area (Å²) in [5.41, 5.74) is 0.331. The van der Waals surface area contributed by atoms with Crippen LogP contribution in [0, 0.1) is 0 Å². The molecule has 2 aliphatic heterocycles. The van der Waals surface area contributed by atoms with E-state index >= 15 is 0 Å². The zero-order valence-corrected chi connectivity index (χ0v) is 12.3. The van der Waals surface area contributed by atoms with E-state index in [2.05, 4.69) is 0 Å². The van der Waals surface area contributed by atoms with Crippen molar-refractivity contribution in [3.63, 3.8) is 0 Å². The minimum Gasteiger partial charge on any atom is -0.478 e. The first kappa shape index (κ1) is 18.7. The van der Waals surface area contributed by atoms with Crippen LogP contribution in [0.15, 0.2) is 42.5 Å². The summed E-state index contributed by atoms with van der Waals surface area (Å²) in [5, 5.41) is 19.0. The zero-order valence-electron chi connectivity index (χ0n) is 12.3. The fourth-order valence-electron chi connectivity index (χ4n) is 1.50. The summed E-state index contributed by atoms with van der Waals surface area (Å²) in [6.45, 7) is 0. The molecule has 0 spiro atoms. The molecular formula is C15H14N2O7.